The van der Waals surface area contributed by atoms with Gasteiger partial charge in [-0.2, -0.15) is 0 Å². The van der Waals surface area contributed by atoms with Gasteiger partial charge in [-0.15, -0.1) is 0 Å². The number of nitrogens with one attached hydrogen (secondary N) is 1. The van der Waals surface area contributed by atoms with Crippen LogP contribution in [0.1, 0.15) is 12.0 Å². The van der Waals surface area contributed by atoms with E-state index in [1.165, 1.54) is 19.2 Å². The number of nitro benzene ring substituents is 1. The number of nitrogens with zero attached hydrogens (tertiary/aromatic N) is 1. The first kappa shape index (κ1) is 10.4. The average Bonchev–Trinajstić information content (AvgIpc) is 2.27. The smallest absolute Gasteiger partial charge is 0.273 e. The zero-order chi connectivity index (χ0) is 11.7. The summed E-state index contributed by atoms with van der Waals surface area (Å²) >= 11 is 0. The number of carbonyl (C=O) groups excluding carboxylic acids is 1. The molecule has 0 fully saturated rings. The number of amides is 1. The zero-order valence-electron chi connectivity index (χ0n) is 8.65. The fourth-order valence-corrected chi connectivity index (χ4v) is 1.71. The predicted molar refractivity (Wildman–Crippen MR) is 56.6 cm³/mol. The molecule has 0 spiro atoms. The van der Waals surface area contributed by atoms with Crippen LogP contribution >= 0.6 is 0 Å². The lowest BCUT2D eigenvalue weighted by Crippen LogP contribution is -2.19. The number of carbonyl (C=O) groups is 1. The highest BCUT2D eigenvalue weighted by Gasteiger charge is 2.22. The third-order valence-corrected chi connectivity index (χ3v) is 2.49. The fourth-order valence-electron chi connectivity index (χ4n) is 1.71. The molecule has 1 N–H and O–H groups in total. The first-order valence-electron chi connectivity index (χ1n) is 4.77. The van der Waals surface area contributed by atoms with Crippen LogP contribution in [0.4, 0.5) is 11.4 Å². The molecule has 1 aromatic carbocycles. The molecule has 1 aliphatic rings. The lowest BCUT2D eigenvalue weighted by Gasteiger charge is -2.18. The van der Waals surface area contributed by atoms with E-state index in [0.717, 1.165) is 5.56 Å². The summed E-state index contributed by atoms with van der Waals surface area (Å²) < 4.78 is 5.03. The van der Waals surface area contributed by atoms with Gasteiger partial charge in [-0.05, 0) is 12.0 Å². The molecule has 1 heterocycles. The molecule has 1 aliphatic heterocycles. The highest BCUT2D eigenvalue weighted by atomic mass is 16.6. The lowest BCUT2D eigenvalue weighted by atomic mass is 10.0. The third-order valence-electron chi connectivity index (χ3n) is 2.49. The van der Waals surface area contributed by atoms with Crippen molar-refractivity contribution >= 4 is 17.3 Å². The number of non-ortho nitro benzene ring substituents is 1. The van der Waals surface area contributed by atoms with Crippen LogP contribution in [0.15, 0.2) is 12.1 Å². The van der Waals surface area contributed by atoms with Gasteiger partial charge in [-0.25, -0.2) is 0 Å². The van der Waals surface area contributed by atoms with Gasteiger partial charge < -0.3 is 10.1 Å². The molecule has 0 unspecified atom stereocenters. The van der Waals surface area contributed by atoms with E-state index in [4.69, 9.17) is 4.74 Å². The van der Waals surface area contributed by atoms with Gasteiger partial charge in [0.2, 0.25) is 5.91 Å². The highest BCUT2D eigenvalue weighted by Crippen LogP contribution is 2.36. The van der Waals surface area contributed by atoms with Gasteiger partial charge in [0.1, 0.15) is 5.75 Å². The van der Waals surface area contributed by atoms with E-state index in [1.54, 1.807) is 0 Å². The third kappa shape index (κ3) is 1.69. The van der Waals surface area contributed by atoms with Crippen LogP contribution in [0, 0.1) is 10.1 Å². The summed E-state index contributed by atoms with van der Waals surface area (Å²) in [4.78, 5) is 21.4. The van der Waals surface area contributed by atoms with E-state index in [2.05, 4.69) is 5.32 Å². The SMILES string of the molecule is COc1cc([N+](=O)[O-])cc2c1NC(=O)CC2. The second kappa shape index (κ2) is 3.80. The van der Waals surface area contributed by atoms with E-state index >= 15 is 0 Å². The maximum atomic E-state index is 11.2. The molecule has 0 aliphatic carbocycles. The van der Waals surface area contributed by atoms with Crippen molar-refractivity contribution in [3.8, 4) is 5.75 Å². The van der Waals surface area contributed by atoms with Crippen LogP contribution < -0.4 is 10.1 Å². The van der Waals surface area contributed by atoms with E-state index in [0.29, 0.717) is 24.3 Å². The molecule has 0 aromatic heterocycles. The molecular weight excluding hydrogens is 212 g/mol. The van der Waals surface area contributed by atoms with Crippen molar-refractivity contribution in [2.45, 2.75) is 12.8 Å². The molecular formula is C10H10N2O4. The summed E-state index contributed by atoms with van der Waals surface area (Å²) in [5.74, 6) is 0.233. The predicted octanol–water partition coefficient (Wildman–Crippen LogP) is 1.49. The summed E-state index contributed by atoms with van der Waals surface area (Å²) in [6.45, 7) is 0. The molecule has 2 rings (SSSR count). The normalized spacial score (nSPS) is 13.9. The number of aryl methyl sites for hydroxylation is 1. The van der Waals surface area contributed by atoms with E-state index < -0.39 is 4.92 Å². The number of hydrogen-bond acceptors (Lipinski definition) is 4. The molecule has 1 aromatic rings. The quantitative estimate of drug-likeness (QED) is 0.607. The minimum absolute atomic E-state index is 0.0215. The molecule has 16 heavy (non-hydrogen) atoms. The Kier molecular flexibility index (Phi) is 2.47. The van der Waals surface area contributed by atoms with Gasteiger partial charge in [0.15, 0.2) is 0 Å². The van der Waals surface area contributed by atoms with E-state index in [1.807, 2.05) is 0 Å². The number of ether oxygens (including phenoxy) is 1. The summed E-state index contributed by atoms with van der Waals surface area (Å²) in [6.07, 6.45) is 0.844. The van der Waals surface area contributed by atoms with E-state index in [9.17, 15) is 14.9 Å². The van der Waals surface area contributed by atoms with Crippen molar-refractivity contribution in [1.29, 1.82) is 0 Å². The van der Waals surface area contributed by atoms with E-state index in [-0.39, 0.29) is 11.6 Å². The Morgan fingerprint density at radius 2 is 2.19 bits per heavy atom. The van der Waals surface area contributed by atoms with Gasteiger partial charge in [0.05, 0.1) is 23.8 Å². The topological polar surface area (TPSA) is 81.5 Å². The maximum absolute atomic E-state index is 11.2. The minimum Gasteiger partial charge on any atom is -0.494 e. The second-order valence-corrected chi connectivity index (χ2v) is 3.49. The zero-order valence-corrected chi connectivity index (χ0v) is 8.65. The molecule has 0 saturated carbocycles. The summed E-state index contributed by atoms with van der Waals surface area (Å²) in [7, 11) is 1.42. The summed E-state index contributed by atoms with van der Waals surface area (Å²) in [6, 6.07) is 2.78. The standard InChI is InChI=1S/C10H10N2O4/c1-16-8-5-7(12(14)15)4-6-2-3-9(13)11-10(6)8/h4-5H,2-3H2,1H3,(H,11,13). The molecule has 1 amide bonds. The molecule has 84 valence electrons. The van der Waals surface area contributed by atoms with Crippen LogP contribution in [0.25, 0.3) is 0 Å². The monoisotopic (exact) mass is 222 g/mol. The number of methoxy groups -OCH3 is 1. The number of fused-ring (bicyclic) bond motifs is 1. The lowest BCUT2D eigenvalue weighted by molar-refractivity contribution is -0.385. The van der Waals surface area contributed by atoms with Gasteiger partial charge in [-0.1, -0.05) is 0 Å². The van der Waals surface area contributed by atoms with Crippen LogP contribution in [-0.2, 0) is 11.2 Å². The van der Waals surface area contributed by atoms with Crippen LogP contribution in [0.3, 0.4) is 0 Å². The van der Waals surface area contributed by atoms with Crippen molar-refractivity contribution in [2.75, 3.05) is 12.4 Å². The average molecular weight is 222 g/mol. The molecule has 6 nitrogen and oxygen atoms in total. The Morgan fingerprint density at radius 1 is 1.44 bits per heavy atom. The molecule has 0 bridgehead atoms. The second-order valence-electron chi connectivity index (χ2n) is 3.49. The number of nitro groups is 1. The Hall–Kier alpha value is -2.11. The summed E-state index contributed by atoms with van der Waals surface area (Å²) in [5.41, 5.74) is 1.27. The Labute approximate surface area is 91.4 Å². The molecule has 0 radical (unpaired) electrons. The fraction of sp³-hybridized carbons (Fsp3) is 0.300. The summed E-state index contributed by atoms with van der Waals surface area (Å²) in [5, 5.41) is 13.3. The highest BCUT2D eigenvalue weighted by molar-refractivity contribution is 5.96. The van der Waals surface area contributed by atoms with Gasteiger partial charge >= 0.3 is 0 Å². The first-order chi connectivity index (χ1) is 7.61. The van der Waals surface area contributed by atoms with Gasteiger partial charge in [0.25, 0.3) is 5.69 Å². The first-order valence-corrected chi connectivity index (χ1v) is 4.77. The van der Waals surface area contributed by atoms with Crippen molar-refractivity contribution in [3.63, 3.8) is 0 Å². The minimum atomic E-state index is -0.473. The van der Waals surface area contributed by atoms with Crippen molar-refractivity contribution in [1.82, 2.24) is 0 Å². The molecule has 0 atom stereocenters. The Balaban J connectivity index is 2.54. The van der Waals surface area contributed by atoms with Crippen LogP contribution in [0.2, 0.25) is 0 Å². The van der Waals surface area contributed by atoms with Crippen molar-refractivity contribution < 1.29 is 14.5 Å². The van der Waals surface area contributed by atoms with Crippen molar-refractivity contribution in [2.24, 2.45) is 0 Å². The number of hydrogen-bond donors (Lipinski definition) is 1. The Morgan fingerprint density at radius 3 is 2.81 bits per heavy atom. The van der Waals surface area contributed by atoms with Crippen molar-refractivity contribution in [3.05, 3.63) is 27.8 Å². The molecule has 6 heteroatoms. The maximum Gasteiger partial charge on any atom is 0.273 e. The number of rotatable bonds is 2. The Bertz CT molecular complexity index is 453. The van der Waals surface area contributed by atoms with Gasteiger partial charge in [-0.3, -0.25) is 14.9 Å². The number of benzene rings is 1. The van der Waals surface area contributed by atoms with Crippen LogP contribution in [-0.4, -0.2) is 17.9 Å². The van der Waals surface area contributed by atoms with Gasteiger partial charge in [0, 0.05) is 12.5 Å². The molecule has 0 saturated heterocycles. The number of anilines is 1. The van der Waals surface area contributed by atoms with Crippen LogP contribution in [0.5, 0.6) is 5.75 Å². The largest absolute Gasteiger partial charge is 0.494 e.